The van der Waals surface area contributed by atoms with E-state index >= 15 is 0 Å². The molecule has 0 saturated heterocycles. The Morgan fingerprint density at radius 3 is 2.88 bits per heavy atom. The van der Waals surface area contributed by atoms with E-state index in [9.17, 15) is 4.79 Å². The number of thiazole rings is 1. The van der Waals surface area contributed by atoms with E-state index in [4.69, 9.17) is 5.11 Å². The van der Waals surface area contributed by atoms with Crippen LogP contribution in [0.4, 0.5) is 0 Å². The van der Waals surface area contributed by atoms with Gasteiger partial charge in [0.2, 0.25) is 5.01 Å². The smallest absolute Gasteiger partial charge is 1.00 e. The SMILES string of the molecule is CC(C)N1CCc2nc(C(=O)O)sc2C1.[H-].[Li+]. The fourth-order valence-electron chi connectivity index (χ4n) is 1.75. The molecule has 0 bridgehead atoms. The summed E-state index contributed by atoms with van der Waals surface area (Å²) >= 11 is 1.31. The maximum absolute atomic E-state index is 10.8. The Morgan fingerprint density at radius 1 is 1.62 bits per heavy atom. The van der Waals surface area contributed by atoms with Crippen LogP contribution in [0.15, 0.2) is 0 Å². The van der Waals surface area contributed by atoms with Gasteiger partial charge in [-0.1, -0.05) is 0 Å². The number of aromatic nitrogens is 1. The van der Waals surface area contributed by atoms with Crippen LogP contribution in [0.1, 0.15) is 35.6 Å². The number of aromatic carboxylic acids is 1. The summed E-state index contributed by atoms with van der Waals surface area (Å²) in [5, 5.41) is 9.07. The third-order valence-electron chi connectivity index (χ3n) is 2.67. The van der Waals surface area contributed by atoms with E-state index in [-0.39, 0.29) is 25.3 Å². The molecule has 1 aromatic rings. The summed E-state index contributed by atoms with van der Waals surface area (Å²) in [6.07, 6.45) is 0.872. The predicted molar refractivity (Wildman–Crippen MR) is 59.4 cm³/mol. The van der Waals surface area contributed by atoms with E-state index in [1.54, 1.807) is 0 Å². The topological polar surface area (TPSA) is 53.4 Å². The third kappa shape index (κ3) is 2.66. The van der Waals surface area contributed by atoms with Gasteiger partial charge in [-0.3, -0.25) is 4.90 Å². The van der Waals surface area contributed by atoms with Crippen molar-refractivity contribution in [3.8, 4) is 0 Å². The first kappa shape index (κ1) is 13.7. The summed E-state index contributed by atoms with van der Waals surface area (Å²) in [6.45, 7) is 6.14. The Kier molecular flexibility index (Phi) is 4.57. The molecular formula is C10H15LiN2O2S. The Hall–Kier alpha value is -0.343. The van der Waals surface area contributed by atoms with E-state index < -0.39 is 5.97 Å². The van der Waals surface area contributed by atoms with Gasteiger partial charge >= 0.3 is 24.8 Å². The average Bonchev–Trinajstić information content (AvgIpc) is 2.59. The number of rotatable bonds is 2. The van der Waals surface area contributed by atoms with Gasteiger partial charge in [-0.05, 0) is 13.8 Å². The molecular weight excluding hydrogens is 219 g/mol. The van der Waals surface area contributed by atoms with Crippen LogP contribution in [0.3, 0.4) is 0 Å². The fourth-order valence-corrected chi connectivity index (χ4v) is 2.72. The van der Waals surface area contributed by atoms with Crippen molar-refractivity contribution >= 4 is 17.3 Å². The monoisotopic (exact) mass is 234 g/mol. The van der Waals surface area contributed by atoms with Crippen molar-refractivity contribution in [1.29, 1.82) is 0 Å². The minimum atomic E-state index is -0.912. The first-order valence-corrected chi connectivity index (χ1v) is 5.85. The van der Waals surface area contributed by atoms with Crippen molar-refractivity contribution < 1.29 is 30.2 Å². The van der Waals surface area contributed by atoms with Gasteiger partial charge in [-0.25, -0.2) is 9.78 Å². The average molecular weight is 234 g/mol. The van der Waals surface area contributed by atoms with Gasteiger partial charge in [0, 0.05) is 30.4 Å². The second-order valence-electron chi connectivity index (χ2n) is 4.01. The quantitative estimate of drug-likeness (QED) is 0.648. The number of nitrogens with zero attached hydrogens (tertiary/aromatic N) is 2. The van der Waals surface area contributed by atoms with Crippen molar-refractivity contribution in [2.75, 3.05) is 6.54 Å². The second-order valence-corrected chi connectivity index (χ2v) is 5.09. The minimum Gasteiger partial charge on any atom is -1.00 e. The van der Waals surface area contributed by atoms with Crippen molar-refractivity contribution in [1.82, 2.24) is 9.88 Å². The molecule has 0 aliphatic carbocycles. The van der Waals surface area contributed by atoms with Crippen molar-refractivity contribution in [3.05, 3.63) is 15.6 Å². The molecule has 0 aromatic carbocycles. The Labute approximate surface area is 112 Å². The van der Waals surface area contributed by atoms with Crippen LogP contribution in [0, 0.1) is 0 Å². The summed E-state index contributed by atoms with van der Waals surface area (Å²) < 4.78 is 0. The Bertz CT molecular complexity index is 398. The van der Waals surface area contributed by atoms with Crippen LogP contribution < -0.4 is 18.9 Å². The molecule has 0 unspecified atom stereocenters. The number of fused-ring (bicyclic) bond motifs is 1. The van der Waals surface area contributed by atoms with E-state index in [0.717, 1.165) is 30.1 Å². The second kappa shape index (κ2) is 5.33. The van der Waals surface area contributed by atoms with Crippen molar-refractivity contribution in [3.63, 3.8) is 0 Å². The molecule has 16 heavy (non-hydrogen) atoms. The summed E-state index contributed by atoms with van der Waals surface area (Å²) in [7, 11) is 0. The molecule has 0 saturated carbocycles. The van der Waals surface area contributed by atoms with Crippen LogP contribution in [0.2, 0.25) is 0 Å². The molecule has 0 atom stereocenters. The van der Waals surface area contributed by atoms with Gasteiger partial charge < -0.3 is 6.53 Å². The summed E-state index contributed by atoms with van der Waals surface area (Å²) in [6, 6.07) is 0.508. The van der Waals surface area contributed by atoms with E-state index in [1.165, 1.54) is 11.3 Å². The predicted octanol–water partition coefficient (Wildman–Crippen LogP) is -1.28. The van der Waals surface area contributed by atoms with Gasteiger partial charge in [0.25, 0.3) is 0 Å². The van der Waals surface area contributed by atoms with Crippen LogP contribution in [-0.2, 0) is 13.0 Å². The van der Waals surface area contributed by atoms with Gasteiger partial charge in [0.15, 0.2) is 0 Å². The standard InChI is InChI=1S/C10H14N2O2S.Li.H/c1-6(2)12-4-3-7-8(5-12)15-9(11-7)10(13)14;;/h6H,3-5H2,1-2H3,(H,13,14);;/q;+1;-1. The van der Waals surface area contributed by atoms with Crippen molar-refractivity contribution in [2.24, 2.45) is 0 Å². The number of hydrogen-bond acceptors (Lipinski definition) is 4. The largest absolute Gasteiger partial charge is 1.00 e. The van der Waals surface area contributed by atoms with E-state index in [0.29, 0.717) is 6.04 Å². The number of carboxylic acid groups (broad SMARTS) is 1. The normalized spacial score (nSPS) is 15.7. The number of carboxylic acids is 1. The molecule has 84 valence electrons. The molecule has 0 radical (unpaired) electrons. The molecule has 0 amide bonds. The van der Waals surface area contributed by atoms with Crippen LogP contribution >= 0.6 is 11.3 Å². The summed E-state index contributed by atoms with van der Waals surface area (Å²) in [5.74, 6) is -0.912. The molecule has 2 rings (SSSR count). The van der Waals surface area contributed by atoms with Crippen molar-refractivity contribution in [2.45, 2.75) is 32.9 Å². The zero-order valence-electron chi connectivity index (χ0n) is 10.9. The maximum Gasteiger partial charge on any atom is 1.00 e. The first-order chi connectivity index (χ1) is 7.08. The Morgan fingerprint density at radius 2 is 2.31 bits per heavy atom. The molecule has 2 heterocycles. The van der Waals surface area contributed by atoms with Gasteiger partial charge in [-0.15, -0.1) is 11.3 Å². The Balaban J connectivity index is 0.00000128. The van der Waals surface area contributed by atoms with E-state index in [2.05, 4.69) is 23.7 Å². The zero-order valence-corrected chi connectivity index (χ0v) is 10.7. The maximum atomic E-state index is 10.8. The molecule has 1 aromatic heterocycles. The minimum absolute atomic E-state index is 0. The summed E-state index contributed by atoms with van der Waals surface area (Å²) in [4.78, 5) is 18.4. The summed E-state index contributed by atoms with van der Waals surface area (Å²) in [5.41, 5.74) is 0.981. The molecule has 1 N–H and O–H groups in total. The van der Waals surface area contributed by atoms with Crippen LogP contribution in [0.5, 0.6) is 0 Å². The number of carbonyl (C=O) groups is 1. The molecule has 1 aliphatic heterocycles. The molecule has 4 nitrogen and oxygen atoms in total. The molecule has 1 aliphatic rings. The zero-order chi connectivity index (χ0) is 11.0. The third-order valence-corrected chi connectivity index (χ3v) is 3.74. The number of hydrogen-bond donors (Lipinski definition) is 1. The first-order valence-electron chi connectivity index (χ1n) is 5.04. The van der Waals surface area contributed by atoms with E-state index in [1.807, 2.05) is 0 Å². The van der Waals surface area contributed by atoms with Gasteiger partial charge in [0.1, 0.15) is 0 Å². The van der Waals surface area contributed by atoms with Gasteiger partial charge in [-0.2, -0.15) is 0 Å². The molecule has 0 spiro atoms. The fraction of sp³-hybridized carbons (Fsp3) is 0.600. The molecule has 6 heteroatoms. The molecule has 0 fully saturated rings. The van der Waals surface area contributed by atoms with Crippen LogP contribution in [-0.4, -0.2) is 33.5 Å². The van der Waals surface area contributed by atoms with Crippen LogP contribution in [0.25, 0.3) is 0 Å². The van der Waals surface area contributed by atoms with Gasteiger partial charge in [0.05, 0.1) is 5.69 Å².